The molecule has 0 spiro atoms. The summed E-state index contributed by atoms with van der Waals surface area (Å²) in [6.45, 7) is 0. The third-order valence-corrected chi connectivity index (χ3v) is 7.14. The van der Waals surface area contributed by atoms with E-state index in [2.05, 4.69) is 20.5 Å². The summed E-state index contributed by atoms with van der Waals surface area (Å²) >= 11 is 1.25. The van der Waals surface area contributed by atoms with E-state index < -0.39 is 10.0 Å². The molecule has 2 aromatic heterocycles. The van der Waals surface area contributed by atoms with E-state index in [1.807, 2.05) is 65.4 Å². The fourth-order valence-corrected chi connectivity index (χ4v) is 4.93. The van der Waals surface area contributed by atoms with Crippen LogP contribution in [0.15, 0.2) is 95.1 Å². The highest BCUT2D eigenvalue weighted by molar-refractivity contribution is 7.99. The maximum atomic E-state index is 12.6. The number of nitrogens with one attached hydrogen (secondary N) is 2. The minimum Gasteiger partial charge on any atom is -0.360 e. The van der Waals surface area contributed by atoms with Gasteiger partial charge in [-0.05, 0) is 42.5 Å². The van der Waals surface area contributed by atoms with Crippen molar-refractivity contribution in [2.75, 3.05) is 11.1 Å². The zero-order valence-corrected chi connectivity index (χ0v) is 19.9. The van der Waals surface area contributed by atoms with E-state index in [9.17, 15) is 13.2 Å². The normalized spacial score (nSPS) is 11.6. The molecule has 9 nitrogen and oxygen atoms in total. The Morgan fingerprint density at radius 1 is 0.971 bits per heavy atom. The first-order chi connectivity index (χ1) is 16.9. The quantitative estimate of drug-likeness (QED) is 0.289. The summed E-state index contributed by atoms with van der Waals surface area (Å²) in [5.74, 6) is 0.472. The van der Waals surface area contributed by atoms with Crippen LogP contribution >= 0.6 is 11.8 Å². The van der Waals surface area contributed by atoms with E-state index in [1.165, 1.54) is 36.0 Å². The molecule has 2 heterocycles. The molecule has 0 unspecified atom stereocenters. The molecule has 11 heteroatoms. The Hall–Kier alpha value is -3.93. The van der Waals surface area contributed by atoms with Crippen molar-refractivity contribution >= 4 is 44.3 Å². The van der Waals surface area contributed by atoms with Gasteiger partial charge in [0.25, 0.3) is 0 Å². The SMILES string of the molecule is NS(=O)(=O)c1ccc(NC(=O)CSc2nnc(-c3c[nH]c4ccccc34)n2-c2ccccc2)cc1. The second kappa shape index (κ2) is 9.37. The number of primary sulfonamides is 1. The molecule has 0 aliphatic carbocycles. The summed E-state index contributed by atoms with van der Waals surface area (Å²) in [6, 6.07) is 23.3. The topological polar surface area (TPSA) is 136 Å². The van der Waals surface area contributed by atoms with Crippen LogP contribution in [0.2, 0.25) is 0 Å². The minimum atomic E-state index is -3.79. The van der Waals surface area contributed by atoms with E-state index in [0.29, 0.717) is 16.7 Å². The van der Waals surface area contributed by atoms with Crippen LogP contribution < -0.4 is 10.5 Å². The van der Waals surface area contributed by atoms with Gasteiger partial charge in [-0.3, -0.25) is 9.36 Å². The van der Waals surface area contributed by atoms with E-state index in [4.69, 9.17) is 5.14 Å². The molecule has 0 atom stereocenters. The van der Waals surface area contributed by atoms with Crippen molar-refractivity contribution in [3.63, 3.8) is 0 Å². The molecule has 0 bridgehead atoms. The average Bonchev–Trinajstić information content (AvgIpc) is 3.47. The second-order valence-corrected chi connectivity index (χ2v) is 10.1. The number of hydrogen-bond acceptors (Lipinski definition) is 6. The number of para-hydroxylation sites is 2. The van der Waals surface area contributed by atoms with E-state index >= 15 is 0 Å². The molecular weight excluding hydrogens is 484 g/mol. The number of anilines is 1. The smallest absolute Gasteiger partial charge is 0.238 e. The number of aromatic nitrogens is 4. The molecule has 5 rings (SSSR count). The highest BCUT2D eigenvalue weighted by Gasteiger charge is 2.19. The van der Waals surface area contributed by atoms with Gasteiger partial charge in [0.1, 0.15) is 0 Å². The van der Waals surface area contributed by atoms with Gasteiger partial charge >= 0.3 is 0 Å². The van der Waals surface area contributed by atoms with Crippen molar-refractivity contribution in [1.29, 1.82) is 0 Å². The van der Waals surface area contributed by atoms with Crippen LogP contribution in [-0.2, 0) is 14.8 Å². The summed E-state index contributed by atoms with van der Waals surface area (Å²) < 4.78 is 24.7. The molecule has 0 saturated carbocycles. The zero-order chi connectivity index (χ0) is 24.4. The van der Waals surface area contributed by atoms with Gasteiger partial charge in [0.05, 0.1) is 10.6 Å². The second-order valence-electron chi connectivity index (χ2n) is 7.63. The van der Waals surface area contributed by atoms with Gasteiger partial charge in [-0.1, -0.05) is 48.2 Å². The molecule has 0 radical (unpaired) electrons. The number of thioether (sulfide) groups is 1. The summed E-state index contributed by atoms with van der Waals surface area (Å²) in [5.41, 5.74) is 3.24. The van der Waals surface area contributed by atoms with Crippen LogP contribution in [0.3, 0.4) is 0 Å². The van der Waals surface area contributed by atoms with Gasteiger partial charge in [-0.2, -0.15) is 0 Å². The number of carbonyl (C=O) groups is 1. The Bertz CT molecular complexity index is 1610. The highest BCUT2D eigenvalue weighted by atomic mass is 32.2. The molecule has 0 aliphatic heterocycles. The van der Waals surface area contributed by atoms with E-state index in [0.717, 1.165) is 22.2 Å². The molecular formula is C24H20N6O3S2. The number of aromatic amines is 1. The summed E-state index contributed by atoms with van der Waals surface area (Å²) in [7, 11) is -3.79. The number of H-pyrrole nitrogens is 1. The van der Waals surface area contributed by atoms with Gasteiger partial charge in [0.15, 0.2) is 11.0 Å². The summed E-state index contributed by atoms with van der Waals surface area (Å²) in [6.07, 6.45) is 1.90. The van der Waals surface area contributed by atoms with E-state index in [-0.39, 0.29) is 16.6 Å². The number of hydrogen-bond donors (Lipinski definition) is 3. The maximum absolute atomic E-state index is 12.6. The minimum absolute atomic E-state index is 0.0225. The van der Waals surface area contributed by atoms with Crippen molar-refractivity contribution in [3.05, 3.63) is 85.1 Å². The molecule has 35 heavy (non-hydrogen) atoms. The molecule has 0 saturated heterocycles. The highest BCUT2D eigenvalue weighted by Crippen LogP contribution is 2.32. The lowest BCUT2D eigenvalue weighted by Gasteiger charge is -2.10. The fraction of sp³-hybridized carbons (Fsp3) is 0.0417. The number of sulfonamides is 1. The number of amides is 1. The first-order valence-corrected chi connectivity index (χ1v) is 13.1. The Morgan fingerprint density at radius 2 is 1.69 bits per heavy atom. The van der Waals surface area contributed by atoms with Crippen LogP contribution in [0.5, 0.6) is 0 Å². The molecule has 0 aliphatic rings. The zero-order valence-electron chi connectivity index (χ0n) is 18.3. The predicted octanol–water partition coefficient (Wildman–Crippen LogP) is 3.79. The fourth-order valence-electron chi connectivity index (χ4n) is 3.66. The lowest BCUT2D eigenvalue weighted by Crippen LogP contribution is -2.15. The Balaban J connectivity index is 1.40. The Morgan fingerprint density at radius 3 is 2.43 bits per heavy atom. The number of rotatable bonds is 7. The van der Waals surface area contributed by atoms with Gasteiger partial charge in [-0.25, -0.2) is 13.6 Å². The van der Waals surface area contributed by atoms with Gasteiger partial charge in [-0.15, -0.1) is 10.2 Å². The number of nitrogens with zero attached hydrogens (tertiary/aromatic N) is 3. The Kier molecular flexibility index (Phi) is 6.12. The Labute approximate surface area is 205 Å². The third kappa shape index (κ3) is 4.83. The molecule has 0 fully saturated rings. The number of benzene rings is 3. The molecule has 176 valence electrons. The van der Waals surface area contributed by atoms with Crippen molar-refractivity contribution in [1.82, 2.24) is 19.7 Å². The predicted molar refractivity (Wildman–Crippen MR) is 136 cm³/mol. The van der Waals surface area contributed by atoms with Crippen LogP contribution in [0.1, 0.15) is 0 Å². The lowest BCUT2D eigenvalue weighted by molar-refractivity contribution is -0.113. The van der Waals surface area contributed by atoms with Crippen LogP contribution in [0, 0.1) is 0 Å². The monoisotopic (exact) mass is 504 g/mol. The maximum Gasteiger partial charge on any atom is 0.238 e. The summed E-state index contributed by atoms with van der Waals surface area (Å²) in [4.78, 5) is 15.8. The van der Waals surface area contributed by atoms with E-state index in [1.54, 1.807) is 0 Å². The number of fused-ring (bicyclic) bond motifs is 1. The van der Waals surface area contributed by atoms with Crippen LogP contribution in [-0.4, -0.2) is 39.8 Å². The largest absolute Gasteiger partial charge is 0.360 e. The van der Waals surface area contributed by atoms with Crippen LogP contribution in [0.4, 0.5) is 5.69 Å². The lowest BCUT2D eigenvalue weighted by atomic mass is 10.1. The first kappa shape index (κ1) is 22.8. The summed E-state index contributed by atoms with van der Waals surface area (Å²) in [5, 5.41) is 18.3. The average molecular weight is 505 g/mol. The molecule has 4 N–H and O–H groups in total. The van der Waals surface area contributed by atoms with Gasteiger partial charge < -0.3 is 10.3 Å². The number of nitrogens with two attached hydrogens (primary N) is 1. The van der Waals surface area contributed by atoms with Gasteiger partial charge in [0.2, 0.25) is 15.9 Å². The standard InChI is InChI=1S/C24H20N6O3S2/c25-35(32,33)18-12-10-16(11-13-18)27-22(31)15-34-24-29-28-23(30(24)17-6-2-1-3-7-17)20-14-26-21-9-5-4-8-19(20)21/h1-14,26H,15H2,(H,27,31)(H2,25,32,33). The van der Waals surface area contributed by atoms with Crippen molar-refractivity contribution in [2.24, 2.45) is 5.14 Å². The third-order valence-electron chi connectivity index (χ3n) is 5.28. The van der Waals surface area contributed by atoms with Gasteiger partial charge in [0, 0.05) is 34.0 Å². The molecule has 5 aromatic rings. The first-order valence-electron chi connectivity index (χ1n) is 10.5. The molecule has 1 amide bonds. The van der Waals surface area contributed by atoms with Crippen LogP contribution in [0.25, 0.3) is 28.0 Å². The van der Waals surface area contributed by atoms with Crippen molar-refractivity contribution in [3.8, 4) is 17.1 Å². The van der Waals surface area contributed by atoms with Crippen molar-refractivity contribution in [2.45, 2.75) is 10.1 Å². The van der Waals surface area contributed by atoms with Crippen molar-refractivity contribution < 1.29 is 13.2 Å². The number of carbonyl (C=O) groups excluding carboxylic acids is 1. The molecule has 3 aromatic carbocycles.